The van der Waals surface area contributed by atoms with E-state index in [0.717, 1.165) is 36.7 Å². The molecule has 10 nitrogen and oxygen atoms in total. The molecule has 3 aromatic rings. The van der Waals surface area contributed by atoms with Crippen LogP contribution in [0, 0.1) is 5.92 Å². The fraction of sp³-hybridized carbons (Fsp3) is 0.500. The SMILES string of the molecule is CCOC(=O)C1CCC(OC(C(=O)Cc2cc(Cl)c(NC(=O)c3nccc4ccccc34)cc2Cl)(N2CCCC2)N2CC(OC)C2)CC1. The summed E-state index contributed by atoms with van der Waals surface area (Å²) in [4.78, 5) is 48.9. The summed E-state index contributed by atoms with van der Waals surface area (Å²) in [6.07, 6.45) is 5.88. The zero-order valence-corrected chi connectivity index (χ0v) is 28.9. The highest BCUT2D eigenvalue weighted by molar-refractivity contribution is 6.36. The van der Waals surface area contributed by atoms with Crippen molar-refractivity contribution in [2.24, 2.45) is 5.92 Å². The standard InChI is InChI=1S/C36H42Cl2N4O6/c1-3-47-35(45)24-10-12-26(13-11-24)48-36(41-16-6-7-17-41,42-21-27(22-42)46-2)32(43)19-25-18-30(38)31(20-29(25)37)40-34(44)33-28-9-5-4-8-23(28)14-15-39-33/h4-5,8-9,14-15,18,20,24,26-27H,3,6-7,10-13,16-17,19,21-22H2,1-2H3,(H,40,44). The Balaban J connectivity index is 1.24. The molecule has 0 spiro atoms. The minimum Gasteiger partial charge on any atom is -0.466 e. The van der Waals surface area contributed by atoms with Gasteiger partial charge in [-0.2, -0.15) is 0 Å². The molecule has 2 aromatic carbocycles. The Bertz CT molecular complexity index is 1650. The first-order valence-electron chi connectivity index (χ1n) is 16.8. The third-order valence-corrected chi connectivity index (χ3v) is 10.4. The second kappa shape index (κ2) is 15.2. The van der Waals surface area contributed by atoms with Gasteiger partial charge in [0.15, 0.2) is 5.78 Å². The predicted molar refractivity (Wildman–Crippen MR) is 184 cm³/mol. The lowest BCUT2D eigenvalue weighted by Crippen LogP contribution is -2.74. The van der Waals surface area contributed by atoms with Gasteiger partial charge in [-0.15, -0.1) is 0 Å². The highest BCUT2D eigenvalue weighted by Gasteiger charge is 2.56. The molecule has 48 heavy (non-hydrogen) atoms. The van der Waals surface area contributed by atoms with E-state index >= 15 is 0 Å². The monoisotopic (exact) mass is 696 g/mol. The summed E-state index contributed by atoms with van der Waals surface area (Å²) in [5, 5.41) is 5.02. The quantitative estimate of drug-likeness (QED) is 0.224. The van der Waals surface area contributed by atoms with Crippen LogP contribution in [0.2, 0.25) is 10.0 Å². The number of ketones is 1. The molecule has 3 fully saturated rings. The van der Waals surface area contributed by atoms with Gasteiger partial charge in [-0.1, -0.05) is 47.5 Å². The summed E-state index contributed by atoms with van der Waals surface area (Å²) in [6, 6.07) is 12.6. The number of pyridine rings is 1. The number of hydrogen-bond donors (Lipinski definition) is 1. The summed E-state index contributed by atoms with van der Waals surface area (Å²) in [6.45, 7) is 4.73. The lowest BCUT2D eigenvalue weighted by Gasteiger charge is -2.55. The Morgan fingerprint density at radius 3 is 2.40 bits per heavy atom. The molecule has 0 radical (unpaired) electrons. The van der Waals surface area contributed by atoms with Crippen molar-refractivity contribution < 1.29 is 28.6 Å². The molecule has 6 rings (SSSR count). The van der Waals surface area contributed by atoms with Crippen molar-refractivity contribution in [2.45, 2.75) is 69.9 Å². The van der Waals surface area contributed by atoms with Gasteiger partial charge in [-0.05, 0) is 74.6 Å². The zero-order chi connectivity index (χ0) is 33.8. The van der Waals surface area contributed by atoms with E-state index < -0.39 is 11.8 Å². The summed E-state index contributed by atoms with van der Waals surface area (Å²) in [7, 11) is 1.68. The number of carbonyl (C=O) groups is 3. The maximum absolute atomic E-state index is 14.7. The fourth-order valence-electron chi connectivity index (χ4n) is 7.12. The van der Waals surface area contributed by atoms with Gasteiger partial charge < -0.3 is 19.5 Å². The number of likely N-dealkylation sites (tertiary alicyclic amines) is 2. The second-order valence-electron chi connectivity index (χ2n) is 12.8. The average Bonchev–Trinajstić information content (AvgIpc) is 3.62. The highest BCUT2D eigenvalue weighted by atomic mass is 35.5. The largest absolute Gasteiger partial charge is 0.466 e. The molecule has 1 atom stereocenters. The molecular formula is C36H42Cl2N4O6. The predicted octanol–water partition coefficient (Wildman–Crippen LogP) is 6.12. The number of ether oxygens (including phenoxy) is 3. The van der Waals surface area contributed by atoms with Crippen molar-refractivity contribution in [1.29, 1.82) is 0 Å². The molecule has 12 heteroatoms. The summed E-state index contributed by atoms with van der Waals surface area (Å²) < 4.78 is 17.8. The summed E-state index contributed by atoms with van der Waals surface area (Å²) in [5.41, 5.74) is 1.13. The number of esters is 1. The topological polar surface area (TPSA) is 110 Å². The van der Waals surface area contributed by atoms with E-state index in [4.69, 9.17) is 37.4 Å². The Morgan fingerprint density at radius 1 is 0.958 bits per heavy atom. The van der Waals surface area contributed by atoms with Crippen LogP contribution < -0.4 is 5.32 Å². The molecule has 1 N–H and O–H groups in total. The first-order valence-corrected chi connectivity index (χ1v) is 17.5. The van der Waals surface area contributed by atoms with Crippen molar-refractivity contribution in [3.05, 3.63) is 70.0 Å². The lowest BCUT2D eigenvalue weighted by molar-refractivity contribution is -0.282. The maximum Gasteiger partial charge on any atom is 0.308 e. The number of benzene rings is 2. The lowest BCUT2D eigenvalue weighted by atomic mass is 9.87. The van der Waals surface area contributed by atoms with Gasteiger partial charge in [-0.3, -0.25) is 29.2 Å². The van der Waals surface area contributed by atoms with E-state index in [0.29, 0.717) is 61.7 Å². The van der Waals surface area contributed by atoms with Crippen LogP contribution in [0.3, 0.4) is 0 Å². The van der Waals surface area contributed by atoms with Gasteiger partial charge in [0.2, 0.25) is 5.85 Å². The highest BCUT2D eigenvalue weighted by Crippen LogP contribution is 2.39. The molecule has 3 aliphatic rings. The summed E-state index contributed by atoms with van der Waals surface area (Å²) in [5.74, 6) is -2.18. The molecule has 1 aliphatic carbocycles. The zero-order valence-electron chi connectivity index (χ0n) is 27.4. The first-order chi connectivity index (χ1) is 23.2. The molecule has 1 unspecified atom stereocenters. The van der Waals surface area contributed by atoms with Crippen molar-refractivity contribution in [3.8, 4) is 0 Å². The van der Waals surface area contributed by atoms with Crippen LogP contribution in [-0.4, -0.2) is 90.4 Å². The van der Waals surface area contributed by atoms with Crippen LogP contribution in [0.4, 0.5) is 5.69 Å². The van der Waals surface area contributed by atoms with E-state index in [1.165, 1.54) is 0 Å². The van der Waals surface area contributed by atoms with Crippen LogP contribution >= 0.6 is 23.2 Å². The second-order valence-corrected chi connectivity index (χ2v) is 13.6. The number of anilines is 1. The number of hydrogen-bond acceptors (Lipinski definition) is 9. The van der Waals surface area contributed by atoms with Gasteiger partial charge in [-0.25, -0.2) is 0 Å². The van der Waals surface area contributed by atoms with Crippen LogP contribution in [0.1, 0.15) is 61.5 Å². The molecule has 3 heterocycles. The number of aromatic nitrogens is 1. The number of halogens is 2. The maximum atomic E-state index is 14.7. The minimum atomic E-state index is -1.31. The van der Waals surface area contributed by atoms with E-state index in [-0.39, 0.29) is 47.0 Å². The van der Waals surface area contributed by atoms with Gasteiger partial charge in [0.1, 0.15) is 5.69 Å². The van der Waals surface area contributed by atoms with Crippen LogP contribution in [0.5, 0.6) is 0 Å². The van der Waals surface area contributed by atoms with E-state index in [1.54, 1.807) is 25.4 Å². The minimum absolute atomic E-state index is 0.0000745. The third kappa shape index (κ3) is 7.11. The molecule has 1 amide bonds. The molecular weight excluding hydrogens is 655 g/mol. The Kier molecular flexibility index (Phi) is 11.0. The number of carbonyl (C=O) groups excluding carboxylic acids is 3. The number of nitrogens with zero attached hydrogens (tertiary/aromatic N) is 3. The van der Waals surface area contributed by atoms with E-state index in [1.807, 2.05) is 37.3 Å². The molecule has 2 aliphatic heterocycles. The van der Waals surface area contributed by atoms with Crippen molar-refractivity contribution in [2.75, 3.05) is 45.2 Å². The van der Waals surface area contributed by atoms with Crippen LogP contribution in [0.25, 0.3) is 10.8 Å². The number of fused-ring (bicyclic) bond motifs is 1. The van der Waals surface area contributed by atoms with Gasteiger partial charge in [0.05, 0.1) is 35.4 Å². The molecule has 2 saturated heterocycles. The van der Waals surface area contributed by atoms with Crippen LogP contribution in [-0.2, 0) is 30.2 Å². The molecule has 0 bridgehead atoms. The molecule has 256 valence electrons. The molecule has 1 saturated carbocycles. The Morgan fingerprint density at radius 2 is 1.69 bits per heavy atom. The summed E-state index contributed by atoms with van der Waals surface area (Å²) >= 11 is 13.5. The number of rotatable bonds is 12. The average molecular weight is 698 g/mol. The van der Waals surface area contributed by atoms with Gasteiger partial charge in [0.25, 0.3) is 5.91 Å². The van der Waals surface area contributed by atoms with Gasteiger partial charge in [0, 0.05) is 56.3 Å². The normalized spacial score (nSPS) is 21.8. The first kappa shape index (κ1) is 34.7. The van der Waals surface area contributed by atoms with Crippen molar-refractivity contribution in [3.63, 3.8) is 0 Å². The van der Waals surface area contributed by atoms with Crippen molar-refractivity contribution >= 4 is 57.3 Å². The fourth-order valence-corrected chi connectivity index (χ4v) is 7.58. The van der Waals surface area contributed by atoms with Crippen molar-refractivity contribution in [1.82, 2.24) is 14.8 Å². The smallest absolute Gasteiger partial charge is 0.308 e. The number of methoxy groups -OCH3 is 1. The third-order valence-electron chi connectivity index (χ3n) is 9.76. The van der Waals surface area contributed by atoms with E-state index in [9.17, 15) is 14.4 Å². The Labute approximate surface area is 291 Å². The van der Waals surface area contributed by atoms with Gasteiger partial charge >= 0.3 is 5.97 Å². The molecule has 1 aromatic heterocycles. The Hall–Kier alpha value is -3.12. The van der Waals surface area contributed by atoms with E-state index in [2.05, 4.69) is 20.1 Å². The number of nitrogens with one attached hydrogen (secondary N) is 1. The van der Waals surface area contributed by atoms with Crippen LogP contribution in [0.15, 0.2) is 48.7 Å². The number of amides is 1. The number of Topliss-reactive ketones (excluding diaryl/α,β-unsaturated/α-hetero) is 1.